The third-order valence-electron chi connectivity index (χ3n) is 2.77. The predicted octanol–water partition coefficient (Wildman–Crippen LogP) is 0.769. The number of ether oxygens (including phenoxy) is 2. The average molecular weight is 236 g/mol. The lowest BCUT2D eigenvalue weighted by molar-refractivity contribution is -0.120. The molecule has 1 aromatic rings. The van der Waals surface area contributed by atoms with Crippen LogP contribution in [0.2, 0.25) is 0 Å². The number of hydrogen-bond acceptors (Lipinski definition) is 4. The van der Waals surface area contributed by atoms with Gasteiger partial charge >= 0.3 is 0 Å². The molecule has 1 atom stereocenters. The van der Waals surface area contributed by atoms with Crippen LogP contribution in [0.4, 0.5) is 0 Å². The molecule has 0 aliphatic carbocycles. The quantitative estimate of drug-likeness (QED) is 0.792. The van der Waals surface area contributed by atoms with Crippen molar-refractivity contribution in [1.82, 2.24) is 5.32 Å². The summed E-state index contributed by atoms with van der Waals surface area (Å²) < 4.78 is 10.7. The van der Waals surface area contributed by atoms with Gasteiger partial charge in [0.1, 0.15) is 0 Å². The number of benzene rings is 1. The van der Waals surface area contributed by atoms with Crippen molar-refractivity contribution in [3.8, 4) is 11.5 Å². The Bertz CT molecular complexity index is 420. The second-order valence-corrected chi connectivity index (χ2v) is 3.90. The molecule has 0 fully saturated rings. The van der Waals surface area contributed by atoms with Gasteiger partial charge in [-0.05, 0) is 12.5 Å². The summed E-state index contributed by atoms with van der Waals surface area (Å²) in [5.74, 6) is 1.16. The van der Waals surface area contributed by atoms with E-state index in [0.717, 1.165) is 17.1 Å². The molecule has 5 nitrogen and oxygen atoms in total. The summed E-state index contributed by atoms with van der Waals surface area (Å²) in [7, 11) is 0. The maximum atomic E-state index is 11.1. The van der Waals surface area contributed by atoms with Crippen LogP contribution in [-0.2, 0) is 11.3 Å². The standard InChI is InChI=1S/C12H16N2O3/c1-2-9(12(13)15)14-6-8-4-3-5-10-11(8)17-7-16-10/h3-5,9,14H,2,6-7H2,1H3,(H2,13,15). The molecule has 3 N–H and O–H groups in total. The van der Waals surface area contributed by atoms with Crippen LogP contribution in [0, 0.1) is 0 Å². The van der Waals surface area contributed by atoms with Crippen molar-refractivity contribution in [3.05, 3.63) is 23.8 Å². The molecule has 2 rings (SSSR count). The number of carbonyl (C=O) groups is 1. The van der Waals surface area contributed by atoms with Crippen molar-refractivity contribution in [2.45, 2.75) is 25.9 Å². The van der Waals surface area contributed by atoms with Gasteiger partial charge in [0.05, 0.1) is 6.04 Å². The Labute approximate surface area is 99.9 Å². The van der Waals surface area contributed by atoms with Gasteiger partial charge in [-0.25, -0.2) is 0 Å². The molecule has 1 aliphatic rings. The van der Waals surface area contributed by atoms with Gasteiger partial charge in [0.15, 0.2) is 11.5 Å². The number of carbonyl (C=O) groups excluding carboxylic acids is 1. The highest BCUT2D eigenvalue weighted by Gasteiger charge is 2.18. The normalized spacial score (nSPS) is 14.6. The van der Waals surface area contributed by atoms with Crippen molar-refractivity contribution in [2.75, 3.05) is 6.79 Å². The van der Waals surface area contributed by atoms with Crippen LogP contribution in [0.1, 0.15) is 18.9 Å². The van der Waals surface area contributed by atoms with Gasteiger partial charge < -0.3 is 20.5 Å². The van der Waals surface area contributed by atoms with Crippen LogP contribution < -0.4 is 20.5 Å². The van der Waals surface area contributed by atoms with Crippen LogP contribution in [0.25, 0.3) is 0 Å². The predicted molar refractivity (Wildman–Crippen MR) is 62.7 cm³/mol. The van der Waals surface area contributed by atoms with E-state index in [4.69, 9.17) is 15.2 Å². The largest absolute Gasteiger partial charge is 0.454 e. The summed E-state index contributed by atoms with van der Waals surface area (Å²) in [6.07, 6.45) is 0.668. The van der Waals surface area contributed by atoms with Gasteiger partial charge in [0.2, 0.25) is 12.7 Å². The smallest absolute Gasteiger partial charge is 0.234 e. The van der Waals surface area contributed by atoms with Crippen LogP contribution in [0.15, 0.2) is 18.2 Å². The molecular weight excluding hydrogens is 220 g/mol. The third kappa shape index (κ3) is 2.50. The van der Waals surface area contributed by atoms with Crippen molar-refractivity contribution in [3.63, 3.8) is 0 Å². The van der Waals surface area contributed by atoms with Crippen molar-refractivity contribution >= 4 is 5.91 Å². The highest BCUT2D eigenvalue weighted by Crippen LogP contribution is 2.35. The van der Waals surface area contributed by atoms with Gasteiger partial charge in [0.25, 0.3) is 0 Å². The second-order valence-electron chi connectivity index (χ2n) is 3.90. The summed E-state index contributed by atoms with van der Waals surface area (Å²) in [5, 5.41) is 3.10. The monoisotopic (exact) mass is 236 g/mol. The van der Waals surface area contributed by atoms with E-state index in [0.29, 0.717) is 13.0 Å². The van der Waals surface area contributed by atoms with Gasteiger partial charge in [-0.15, -0.1) is 0 Å². The van der Waals surface area contributed by atoms with Gasteiger partial charge in [-0.1, -0.05) is 19.1 Å². The molecule has 0 saturated carbocycles. The molecule has 0 spiro atoms. The van der Waals surface area contributed by atoms with E-state index >= 15 is 0 Å². The molecule has 1 unspecified atom stereocenters. The fourth-order valence-corrected chi connectivity index (χ4v) is 1.81. The maximum Gasteiger partial charge on any atom is 0.234 e. The van der Waals surface area contributed by atoms with Crippen molar-refractivity contribution in [2.24, 2.45) is 5.73 Å². The highest BCUT2D eigenvalue weighted by atomic mass is 16.7. The minimum atomic E-state index is -0.336. The fourth-order valence-electron chi connectivity index (χ4n) is 1.81. The van der Waals surface area contributed by atoms with E-state index in [1.54, 1.807) is 0 Å². The van der Waals surface area contributed by atoms with Gasteiger partial charge in [-0.2, -0.15) is 0 Å². The first-order valence-electron chi connectivity index (χ1n) is 5.62. The summed E-state index contributed by atoms with van der Waals surface area (Å²) in [6, 6.07) is 5.38. The van der Waals surface area contributed by atoms with E-state index in [9.17, 15) is 4.79 Å². The zero-order valence-corrected chi connectivity index (χ0v) is 9.73. The Morgan fingerprint density at radius 2 is 2.35 bits per heavy atom. The SMILES string of the molecule is CCC(NCc1cccc2c1OCO2)C(N)=O. The Kier molecular flexibility index (Phi) is 3.49. The average Bonchev–Trinajstić information content (AvgIpc) is 2.78. The first-order valence-corrected chi connectivity index (χ1v) is 5.62. The van der Waals surface area contributed by atoms with Gasteiger partial charge in [-0.3, -0.25) is 4.79 Å². The molecule has 92 valence electrons. The molecular formula is C12H16N2O3. The Hall–Kier alpha value is -1.75. The molecule has 1 heterocycles. The summed E-state index contributed by atoms with van der Waals surface area (Å²) in [4.78, 5) is 11.1. The molecule has 5 heteroatoms. The first-order chi connectivity index (χ1) is 8.22. The lowest BCUT2D eigenvalue weighted by atomic mass is 10.1. The van der Waals surface area contributed by atoms with E-state index in [1.807, 2.05) is 25.1 Å². The van der Waals surface area contributed by atoms with Crippen molar-refractivity contribution in [1.29, 1.82) is 0 Å². The number of primary amides is 1. The topological polar surface area (TPSA) is 73.6 Å². The fraction of sp³-hybridized carbons (Fsp3) is 0.417. The van der Waals surface area contributed by atoms with Crippen LogP contribution in [0.5, 0.6) is 11.5 Å². The molecule has 0 radical (unpaired) electrons. The molecule has 1 aromatic carbocycles. The first kappa shape index (κ1) is 11.7. The summed E-state index contributed by atoms with van der Waals surface area (Å²) >= 11 is 0. The number of rotatable bonds is 5. The van der Waals surface area contributed by atoms with E-state index in [2.05, 4.69) is 5.32 Å². The maximum absolute atomic E-state index is 11.1. The Balaban J connectivity index is 2.04. The molecule has 0 saturated heterocycles. The molecule has 1 aliphatic heterocycles. The lowest BCUT2D eigenvalue weighted by Crippen LogP contribution is -2.40. The zero-order valence-electron chi connectivity index (χ0n) is 9.73. The minimum absolute atomic E-state index is 0.249. The van der Waals surface area contributed by atoms with E-state index < -0.39 is 0 Å². The summed E-state index contributed by atoms with van der Waals surface area (Å²) in [5.41, 5.74) is 6.24. The Morgan fingerprint density at radius 3 is 3.06 bits per heavy atom. The summed E-state index contributed by atoms with van der Waals surface area (Å²) in [6.45, 7) is 2.70. The van der Waals surface area contributed by atoms with Gasteiger partial charge in [0, 0.05) is 12.1 Å². The number of fused-ring (bicyclic) bond motifs is 1. The number of hydrogen-bond donors (Lipinski definition) is 2. The van der Waals surface area contributed by atoms with E-state index in [1.165, 1.54) is 0 Å². The van der Waals surface area contributed by atoms with Crippen molar-refractivity contribution < 1.29 is 14.3 Å². The molecule has 0 bridgehead atoms. The number of amides is 1. The number of nitrogens with two attached hydrogens (primary N) is 1. The second kappa shape index (κ2) is 5.05. The number of nitrogens with one attached hydrogen (secondary N) is 1. The molecule has 0 aromatic heterocycles. The minimum Gasteiger partial charge on any atom is -0.454 e. The zero-order chi connectivity index (χ0) is 12.3. The number of para-hydroxylation sites is 1. The Morgan fingerprint density at radius 1 is 1.53 bits per heavy atom. The molecule has 1 amide bonds. The highest BCUT2D eigenvalue weighted by molar-refractivity contribution is 5.79. The third-order valence-corrected chi connectivity index (χ3v) is 2.77. The van der Waals surface area contributed by atoms with Crippen LogP contribution >= 0.6 is 0 Å². The lowest BCUT2D eigenvalue weighted by Gasteiger charge is -2.13. The van der Waals surface area contributed by atoms with Crippen LogP contribution in [0.3, 0.4) is 0 Å². The van der Waals surface area contributed by atoms with Crippen LogP contribution in [-0.4, -0.2) is 18.7 Å². The van der Waals surface area contributed by atoms with E-state index in [-0.39, 0.29) is 18.7 Å². The molecule has 17 heavy (non-hydrogen) atoms.